The van der Waals surface area contributed by atoms with Crippen LogP contribution >= 0.6 is 11.6 Å². The van der Waals surface area contributed by atoms with Crippen molar-refractivity contribution in [3.05, 3.63) is 34.5 Å². The van der Waals surface area contributed by atoms with E-state index in [0.29, 0.717) is 22.3 Å². The van der Waals surface area contributed by atoms with Crippen molar-refractivity contribution in [2.75, 3.05) is 13.1 Å². The molecule has 112 valence electrons. The second-order valence-electron chi connectivity index (χ2n) is 5.72. The first-order chi connectivity index (χ1) is 10.1. The van der Waals surface area contributed by atoms with Gasteiger partial charge in [-0.2, -0.15) is 0 Å². The molecule has 1 fully saturated rings. The smallest absolute Gasteiger partial charge is 0.287 e. The first kappa shape index (κ1) is 14.4. The molecule has 1 aromatic heterocycles. The highest BCUT2D eigenvalue weighted by Crippen LogP contribution is 2.30. The van der Waals surface area contributed by atoms with E-state index in [0.717, 1.165) is 30.5 Å². The van der Waals surface area contributed by atoms with E-state index >= 15 is 0 Å². The number of hydrogen-bond acceptors (Lipinski definition) is 3. The number of rotatable bonds is 2. The van der Waals surface area contributed by atoms with Crippen molar-refractivity contribution in [3.63, 3.8) is 0 Å². The van der Waals surface area contributed by atoms with Crippen molar-refractivity contribution < 1.29 is 9.21 Å². The molecule has 1 aliphatic heterocycles. The van der Waals surface area contributed by atoms with Gasteiger partial charge >= 0.3 is 0 Å². The average Bonchev–Trinajstić information content (AvgIpc) is 2.81. The lowest BCUT2D eigenvalue weighted by atomic mass is 9.95. The van der Waals surface area contributed by atoms with Crippen molar-refractivity contribution in [3.8, 4) is 0 Å². The van der Waals surface area contributed by atoms with Gasteiger partial charge in [0.05, 0.1) is 5.02 Å². The number of hydrogen-bond donors (Lipinski definition) is 2. The Hall–Kier alpha value is -1.52. The van der Waals surface area contributed by atoms with Crippen LogP contribution < -0.4 is 10.6 Å². The standard InChI is InChI=1S/C16H19ClN2O2/c1-9-8-18-7-6-13(9)19-16(20)14-10(2)11-4-3-5-12(17)15(11)21-14/h3-5,9,13,18H,6-8H2,1-2H3,(H,19,20). The lowest BCUT2D eigenvalue weighted by Gasteiger charge is -2.29. The van der Waals surface area contributed by atoms with Crippen LogP contribution in [0.5, 0.6) is 0 Å². The summed E-state index contributed by atoms with van der Waals surface area (Å²) in [4.78, 5) is 12.5. The molecule has 0 aliphatic carbocycles. The summed E-state index contributed by atoms with van der Waals surface area (Å²) in [6, 6.07) is 5.73. The summed E-state index contributed by atoms with van der Waals surface area (Å²) < 4.78 is 5.71. The lowest BCUT2D eigenvalue weighted by Crippen LogP contribution is -2.48. The molecule has 4 nitrogen and oxygen atoms in total. The number of piperidine rings is 1. The molecule has 2 aromatic rings. The van der Waals surface area contributed by atoms with Crippen LogP contribution in [0.15, 0.2) is 22.6 Å². The van der Waals surface area contributed by atoms with E-state index < -0.39 is 0 Å². The molecule has 0 saturated carbocycles. The van der Waals surface area contributed by atoms with Gasteiger partial charge in [0, 0.05) is 17.0 Å². The van der Waals surface area contributed by atoms with Crippen molar-refractivity contribution in [1.82, 2.24) is 10.6 Å². The first-order valence-corrected chi connectivity index (χ1v) is 7.65. The number of carbonyl (C=O) groups is 1. The Bertz CT molecular complexity index is 680. The quantitative estimate of drug-likeness (QED) is 0.896. The maximum Gasteiger partial charge on any atom is 0.287 e. The molecule has 1 aliphatic rings. The normalized spacial score (nSPS) is 22.4. The second-order valence-corrected chi connectivity index (χ2v) is 6.13. The van der Waals surface area contributed by atoms with E-state index in [2.05, 4.69) is 17.6 Å². The highest BCUT2D eigenvalue weighted by Gasteiger charge is 2.26. The fraction of sp³-hybridized carbons (Fsp3) is 0.438. The average molecular weight is 307 g/mol. The molecule has 2 heterocycles. The monoisotopic (exact) mass is 306 g/mol. The van der Waals surface area contributed by atoms with Gasteiger partial charge in [0.2, 0.25) is 0 Å². The number of aryl methyl sites for hydroxylation is 1. The predicted octanol–water partition coefficient (Wildman–Crippen LogP) is 3.12. The van der Waals surface area contributed by atoms with Gasteiger partial charge in [-0.25, -0.2) is 0 Å². The second kappa shape index (κ2) is 5.70. The molecule has 3 rings (SSSR count). The summed E-state index contributed by atoms with van der Waals surface area (Å²) in [5.74, 6) is 0.623. The summed E-state index contributed by atoms with van der Waals surface area (Å²) in [7, 11) is 0. The Kier molecular flexibility index (Phi) is 3.91. The molecule has 2 N–H and O–H groups in total. The van der Waals surface area contributed by atoms with Gasteiger partial charge in [-0.05, 0) is 38.4 Å². The fourth-order valence-electron chi connectivity index (χ4n) is 2.89. The number of carbonyl (C=O) groups excluding carboxylic acids is 1. The number of fused-ring (bicyclic) bond motifs is 1. The summed E-state index contributed by atoms with van der Waals surface area (Å²) in [5.41, 5.74) is 1.42. The molecule has 1 amide bonds. The Morgan fingerprint density at radius 1 is 1.48 bits per heavy atom. The molecule has 5 heteroatoms. The van der Waals surface area contributed by atoms with E-state index in [-0.39, 0.29) is 11.9 Å². The maximum absolute atomic E-state index is 12.5. The molecule has 0 radical (unpaired) electrons. The zero-order valence-electron chi connectivity index (χ0n) is 12.2. The minimum absolute atomic E-state index is 0.154. The minimum Gasteiger partial charge on any atom is -0.449 e. The molecule has 21 heavy (non-hydrogen) atoms. The molecule has 2 unspecified atom stereocenters. The Balaban J connectivity index is 1.88. The SMILES string of the molecule is Cc1c(C(=O)NC2CCNCC2C)oc2c(Cl)cccc12. The third-order valence-corrected chi connectivity index (χ3v) is 4.52. The van der Waals surface area contributed by atoms with Gasteiger partial charge in [0.25, 0.3) is 5.91 Å². The highest BCUT2D eigenvalue weighted by molar-refractivity contribution is 6.35. The third-order valence-electron chi connectivity index (χ3n) is 4.22. The number of para-hydroxylation sites is 1. The van der Waals surface area contributed by atoms with E-state index in [4.69, 9.17) is 16.0 Å². The molecule has 0 spiro atoms. The zero-order chi connectivity index (χ0) is 15.0. The zero-order valence-corrected chi connectivity index (χ0v) is 13.0. The minimum atomic E-state index is -0.154. The van der Waals surface area contributed by atoms with Gasteiger partial charge in [-0.1, -0.05) is 30.7 Å². The first-order valence-electron chi connectivity index (χ1n) is 7.27. The third kappa shape index (κ3) is 2.65. The number of nitrogens with one attached hydrogen (secondary N) is 2. The Morgan fingerprint density at radius 3 is 3.00 bits per heavy atom. The van der Waals surface area contributed by atoms with E-state index in [1.165, 1.54) is 0 Å². The van der Waals surface area contributed by atoms with E-state index in [1.807, 2.05) is 19.1 Å². The molecular formula is C16H19ClN2O2. The Morgan fingerprint density at radius 2 is 2.29 bits per heavy atom. The van der Waals surface area contributed by atoms with Crippen LogP contribution in [0.25, 0.3) is 11.0 Å². The van der Waals surface area contributed by atoms with Crippen LogP contribution in [-0.4, -0.2) is 25.0 Å². The van der Waals surface area contributed by atoms with E-state index in [1.54, 1.807) is 6.07 Å². The van der Waals surface area contributed by atoms with Crippen LogP contribution in [0.3, 0.4) is 0 Å². The van der Waals surface area contributed by atoms with Gasteiger partial charge < -0.3 is 15.1 Å². The number of halogens is 1. The van der Waals surface area contributed by atoms with Crippen molar-refractivity contribution in [2.24, 2.45) is 5.92 Å². The number of benzene rings is 1. The lowest BCUT2D eigenvalue weighted by molar-refractivity contribution is 0.0887. The predicted molar refractivity (Wildman–Crippen MR) is 83.9 cm³/mol. The topological polar surface area (TPSA) is 54.3 Å². The molecule has 0 bridgehead atoms. The maximum atomic E-state index is 12.5. The van der Waals surface area contributed by atoms with Crippen molar-refractivity contribution >= 4 is 28.5 Å². The highest BCUT2D eigenvalue weighted by atomic mass is 35.5. The number of amides is 1. The van der Waals surface area contributed by atoms with Crippen LogP contribution in [0.4, 0.5) is 0 Å². The molecule has 2 atom stereocenters. The summed E-state index contributed by atoms with van der Waals surface area (Å²) in [5, 5.41) is 7.84. The van der Waals surface area contributed by atoms with Gasteiger partial charge in [-0.15, -0.1) is 0 Å². The van der Waals surface area contributed by atoms with Gasteiger partial charge in [0.1, 0.15) is 0 Å². The van der Waals surface area contributed by atoms with Crippen molar-refractivity contribution in [1.29, 1.82) is 0 Å². The molecule has 1 aromatic carbocycles. The number of furan rings is 1. The Labute approximate surface area is 128 Å². The summed E-state index contributed by atoms with van der Waals surface area (Å²) in [6.45, 7) is 5.89. The van der Waals surface area contributed by atoms with Crippen molar-refractivity contribution in [2.45, 2.75) is 26.3 Å². The molecular weight excluding hydrogens is 288 g/mol. The van der Waals surface area contributed by atoms with Crippen LogP contribution in [0.1, 0.15) is 29.5 Å². The largest absolute Gasteiger partial charge is 0.449 e. The molecule has 1 saturated heterocycles. The van der Waals surface area contributed by atoms with Crippen LogP contribution in [0, 0.1) is 12.8 Å². The van der Waals surface area contributed by atoms with Gasteiger partial charge in [-0.3, -0.25) is 4.79 Å². The summed E-state index contributed by atoms with van der Waals surface area (Å²) >= 11 is 6.13. The van der Waals surface area contributed by atoms with E-state index in [9.17, 15) is 4.79 Å². The van der Waals surface area contributed by atoms with Crippen LogP contribution in [-0.2, 0) is 0 Å². The van der Waals surface area contributed by atoms with Gasteiger partial charge in [0.15, 0.2) is 11.3 Å². The van der Waals surface area contributed by atoms with Crippen LogP contribution in [0.2, 0.25) is 5.02 Å². The summed E-state index contributed by atoms with van der Waals surface area (Å²) in [6.07, 6.45) is 0.937. The fourth-order valence-corrected chi connectivity index (χ4v) is 3.10.